The number of hydrogen-bond donors (Lipinski definition) is 0. The second-order valence-electron chi connectivity index (χ2n) is 4.14. The number of amides is 1. The van der Waals surface area contributed by atoms with Crippen LogP contribution in [0.3, 0.4) is 0 Å². The van der Waals surface area contributed by atoms with Crippen molar-refractivity contribution < 1.29 is 9.53 Å². The summed E-state index contributed by atoms with van der Waals surface area (Å²) in [7, 11) is 0. The van der Waals surface area contributed by atoms with Gasteiger partial charge in [-0.15, -0.1) is 0 Å². The first-order chi connectivity index (χ1) is 8.38. The standard InChI is InChI=1S/C13H18N2O2/c16-12-15-8-6-14(7-9-15)10-11-17-13-4-2-1-3-5-13/h1-5,12H,6-11H2. The number of piperazine rings is 1. The SMILES string of the molecule is O=CN1CCN(CCOc2ccccc2)CC1. The molecule has 1 aliphatic heterocycles. The van der Waals surface area contributed by atoms with Crippen LogP contribution in [-0.4, -0.2) is 55.5 Å². The van der Waals surface area contributed by atoms with Crippen LogP contribution in [0.25, 0.3) is 0 Å². The van der Waals surface area contributed by atoms with Crippen LogP contribution in [-0.2, 0) is 4.79 Å². The Kier molecular flexibility index (Phi) is 4.38. The van der Waals surface area contributed by atoms with Crippen LogP contribution in [0.2, 0.25) is 0 Å². The van der Waals surface area contributed by atoms with Gasteiger partial charge >= 0.3 is 0 Å². The zero-order chi connectivity index (χ0) is 11.9. The number of rotatable bonds is 5. The fourth-order valence-corrected chi connectivity index (χ4v) is 1.90. The van der Waals surface area contributed by atoms with Crippen LogP contribution in [0.1, 0.15) is 0 Å². The normalized spacial score (nSPS) is 16.8. The Bertz CT molecular complexity index is 335. The highest BCUT2D eigenvalue weighted by atomic mass is 16.5. The van der Waals surface area contributed by atoms with E-state index < -0.39 is 0 Å². The molecule has 0 spiro atoms. The minimum Gasteiger partial charge on any atom is -0.492 e. The Balaban J connectivity index is 1.65. The largest absolute Gasteiger partial charge is 0.492 e. The van der Waals surface area contributed by atoms with Crippen LogP contribution in [0.4, 0.5) is 0 Å². The average molecular weight is 234 g/mol. The van der Waals surface area contributed by atoms with Crippen molar-refractivity contribution in [1.29, 1.82) is 0 Å². The highest BCUT2D eigenvalue weighted by Crippen LogP contribution is 2.08. The molecule has 2 rings (SSSR count). The van der Waals surface area contributed by atoms with E-state index in [1.165, 1.54) is 0 Å². The molecule has 0 atom stereocenters. The van der Waals surface area contributed by atoms with E-state index in [-0.39, 0.29) is 0 Å². The van der Waals surface area contributed by atoms with Gasteiger partial charge in [-0.25, -0.2) is 0 Å². The lowest BCUT2D eigenvalue weighted by Crippen LogP contribution is -2.46. The molecule has 1 fully saturated rings. The van der Waals surface area contributed by atoms with Gasteiger partial charge in [0.15, 0.2) is 0 Å². The molecule has 0 unspecified atom stereocenters. The van der Waals surface area contributed by atoms with E-state index >= 15 is 0 Å². The summed E-state index contributed by atoms with van der Waals surface area (Å²) in [6, 6.07) is 9.84. The Labute approximate surface area is 102 Å². The zero-order valence-electron chi connectivity index (χ0n) is 9.92. The molecule has 4 nitrogen and oxygen atoms in total. The van der Waals surface area contributed by atoms with Gasteiger partial charge in [-0.1, -0.05) is 18.2 Å². The third-order valence-electron chi connectivity index (χ3n) is 2.98. The van der Waals surface area contributed by atoms with Crippen molar-refractivity contribution in [3.63, 3.8) is 0 Å². The number of benzene rings is 1. The summed E-state index contributed by atoms with van der Waals surface area (Å²) in [6.45, 7) is 5.16. The lowest BCUT2D eigenvalue weighted by molar-refractivity contribution is -0.119. The van der Waals surface area contributed by atoms with E-state index in [0.29, 0.717) is 6.61 Å². The molecule has 0 bridgehead atoms. The number of ether oxygens (including phenoxy) is 1. The van der Waals surface area contributed by atoms with Gasteiger partial charge in [0, 0.05) is 32.7 Å². The zero-order valence-corrected chi connectivity index (χ0v) is 9.92. The first kappa shape index (κ1) is 11.9. The lowest BCUT2D eigenvalue weighted by atomic mass is 10.3. The maximum absolute atomic E-state index is 10.5. The smallest absolute Gasteiger partial charge is 0.209 e. The molecule has 0 aliphatic carbocycles. The molecule has 1 heterocycles. The van der Waals surface area contributed by atoms with Crippen molar-refractivity contribution in [1.82, 2.24) is 9.80 Å². The van der Waals surface area contributed by atoms with Crippen molar-refractivity contribution in [2.45, 2.75) is 0 Å². The predicted octanol–water partition coefficient (Wildman–Crippen LogP) is 0.839. The lowest BCUT2D eigenvalue weighted by Gasteiger charge is -2.32. The first-order valence-corrected chi connectivity index (χ1v) is 5.98. The first-order valence-electron chi connectivity index (χ1n) is 5.98. The second kappa shape index (κ2) is 6.25. The van der Waals surface area contributed by atoms with Crippen molar-refractivity contribution in [3.05, 3.63) is 30.3 Å². The summed E-state index contributed by atoms with van der Waals surface area (Å²) in [4.78, 5) is 14.7. The Morgan fingerprint density at radius 3 is 2.47 bits per heavy atom. The Hall–Kier alpha value is -1.55. The maximum Gasteiger partial charge on any atom is 0.209 e. The fourth-order valence-electron chi connectivity index (χ4n) is 1.90. The molecule has 17 heavy (non-hydrogen) atoms. The summed E-state index contributed by atoms with van der Waals surface area (Å²) < 4.78 is 5.64. The van der Waals surface area contributed by atoms with Crippen molar-refractivity contribution in [3.8, 4) is 5.75 Å². The summed E-state index contributed by atoms with van der Waals surface area (Å²) in [6.07, 6.45) is 0.928. The van der Waals surface area contributed by atoms with Gasteiger partial charge in [0.25, 0.3) is 0 Å². The number of nitrogens with zero attached hydrogens (tertiary/aromatic N) is 2. The molecule has 0 radical (unpaired) electrons. The number of carbonyl (C=O) groups excluding carboxylic acids is 1. The predicted molar refractivity (Wildman–Crippen MR) is 66.0 cm³/mol. The highest BCUT2D eigenvalue weighted by molar-refractivity contribution is 5.47. The summed E-state index contributed by atoms with van der Waals surface area (Å²) >= 11 is 0. The molecular weight excluding hydrogens is 216 g/mol. The molecule has 0 saturated carbocycles. The number of para-hydroxylation sites is 1. The molecule has 0 N–H and O–H groups in total. The van der Waals surface area contributed by atoms with E-state index in [4.69, 9.17) is 4.74 Å². The molecule has 4 heteroatoms. The molecule has 0 aromatic heterocycles. The molecule has 1 saturated heterocycles. The Morgan fingerprint density at radius 2 is 1.82 bits per heavy atom. The van der Waals surface area contributed by atoms with Gasteiger partial charge in [-0.3, -0.25) is 9.69 Å². The van der Waals surface area contributed by atoms with Crippen LogP contribution < -0.4 is 4.74 Å². The molecule has 1 aromatic rings. The third-order valence-corrected chi connectivity index (χ3v) is 2.98. The van der Waals surface area contributed by atoms with E-state index in [9.17, 15) is 4.79 Å². The molecule has 1 aliphatic rings. The third kappa shape index (κ3) is 3.75. The molecule has 1 aromatic carbocycles. The van der Waals surface area contributed by atoms with Gasteiger partial charge in [-0.05, 0) is 12.1 Å². The summed E-state index contributed by atoms with van der Waals surface area (Å²) in [5.74, 6) is 0.916. The Morgan fingerprint density at radius 1 is 1.12 bits per heavy atom. The molecule has 92 valence electrons. The van der Waals surface area contributed by atoms with Crippen LogP contribution in [0, 0.1) is 0 Å². The van der Waals surface area contributed by atoms with Crippen molar-refractivity contribution in [2.24, 2.45) is 0 Å². The maximum atomic E-state index is 10.5. The van der Waals surface area contributed by atoms with Gasteiger partial charge in [0.05, 0.1) is 0 Å². The van der Waals surface area contributed by atoms with Gasteiger partial charge in [0.2, 0.25) is 6.41 Å². The minimum atomic E-state index is 0.700. The van der Waals surface area contributed by atoms with Crippen LogP contribution >= 0.6 is 0 Å². The van der Waals surface area contributed by atoms with Crippen molar-refractivity contribution >= 4 is 6.41 Å². The topological polar surface area (TPSA) is 32.8 Å². The van der Waals surface area contributed by atoms with E-state index in [2.05, 4.69) is 4.90 Å². The van der Waals surface area contributed by atoms with Crippen LogP contribution in [0.5, 0.6) is 5.75 Å². The van der Waals surface area contributed by atoms with Gasteiger partial charge in [0.1, 0.15) is 12.4 Å². The quantitative estimate of drug-likeness (QED) is 0.708. The van der Waals surface area contributed by atoms with Gasteiger partial charge in [-0.2, -0.15) is 0 Å². The average Bonchev–Trinajstić information content (AvgIpc) is 2.41. The van der Waals surface area contributed by atoms with E-state index in [1.54, 1.807) is 0 Å². The summed E-state index contributed by atoms with van der Waals surface area (Å²) in [5.41, 5.74) is 0. The summed E-state index contributed by atoms with van der Waals surface area (Å²) in [5, 5.41) is 0. The van der Waals surface area contributed by atoms with Crippen LogP contribution in [0.15, 0.2) is 30.3 Å². The highest BCUT2D eigenvalue weighted by Gasteiger charge is 2.14. The second-order valence-corrected chi connectivity index (χ2v) is 4.14. The minimum absolute atomic E-state index is 0.700. The van der Waals surface area contributed by atoms with E-state index in [1.807, 2.05) is 35.2 Å². The molecule has 1 amide bonds. The van der Waals surface area contributed by atoms with E-state index in [0.717, 1.165) is 44.9 Å². The van der Waals surface area contributed by atoms with Crippen molar-refractivity contribution in [2.75, 3.05) is 39.3 Å². The number of hydrogen-bond acceptors (Lipinski definition) is 3. The number of carbonyl (C=O) groups is 1. The van der Waals surface area contributed by atoms with Gasteiger partial charge < -0.3 is 9.64 Å². The molecular formula is C13H18N2O2. The monoisotopic (exact) mass is 234 g/mol. The fraction of sp³-hybridized carbons (Fsp3) is 0.462.